The molecule has 6 nitrogen and oxygen atoms in total. The van der Waals surface area contributed by atoms with Crippen LogP contribution in [-0.2, 0) is 5.41 Å². The number of rotatable bonds is 6. The fourth-order valence-electron chi connectivity index (χ4n) is 4.17. The molecule has 1 aliphatic carbocycles. The van der Waals surface area contributed by atoms with E-state index in [1.54, 1.807) is 24.1 Å². The van der Waals surface area contributed by atoms with Crippen molar-refractivity contribution >= 4 is 11.9 Å². The van der Waals surface area contributed by atoms with E-state index < -0.39 is 0 Å². The molecule has 1 saturated carbocycles. The Bertz CT molecular complexity index is 859. The van der Waals surface area contributed by atoms with Crippen LogP contribution in [-0.4, -0.2) is 50.6 Å². The largest absolute Gasteiger partial charge is 0.496 e. The Hall–Kier alpha value is -3.02. The van der Waals surface area contributed by atoms with Gasteiger partial charge in [0.15, 0.2) is 5.96 Å². The molecule has 0 heterocycles. The predicted molar refractivity (Wildman–Crippen MR) is 120 cm³/mol. The maximum atomic E-state index is 12.9. The Morgan fingerprint density at radius 3 is 2.37 bits per heavy atom. The van der Waals surface area contributed by atoms with Gasteiger partial charge >= 0.3 is 0 Å². The van der Waals surface area contributed by atoms with E-state index in [0.717, 1.165) is 25.7 Å². The van der Waals surface area contributed by atoms with E-state index in [4.69, 9.17) is 10.1 Å². The van der Waals surface area contributed by atoms with Gasteiger partial charge in [-0.2, -0.15) is 0 Å². The lowest BCUT2D eigenvalue weighted by molar-refractivity contribution is 0.0932. The third kappa shape index (κ3) is 4.93. The third-order valence-electron chi connectivity index (χ3n) is 6.06. The molecule has 0 atom stereocenters. The van der Waals surface area contributed by atoms with Crippen LogP contribution in [0.3, 0.4) is 0 Å². The highest BCUT2D eigenvalue weighted by Gasteiger charge is 2.37. The number of hydrogen-bond acceptors (Lipinski definition) is 3. The molecule has 1 fully saturated rings. The van der Waals surface area contributed by atoms with Gasteiger partial charge in [0.2, 0.25) is 0 Å². The first-order valence-electron chi connectivity index (χ1n) is 10.4. The Kier molecular flexibility index (Phi) is 6.98. The summed E-state index contributed by atoms with van der Waals surface area (Å²) in [6.45, 7) is 0.575. The normalized spacial score (nSPS) is 20.8. The summed E-state index contributed by atoms with van der Waals surface area (Å²) in [6.07, 6.45) is 3.80. The summed E-state index contributed by atoms with van der Waals surface area (Å²) >= 11 is 0. The number of nitrogens with one attached hydrogen (secondary N) is 3. The molecule has 0 aliphatic heterocycles. The quantitative estimate of drug-likeness (QED) is 0.506. The third-order valence-corrected chi connectivity index (χ3v) is 6.06. The lowest BCUT2D eigenvalue weighted by atomic mass is 9.68. The minimum Gasteiger partial charge on any atom is -0.496 e. The van der Waals surface area contributed by atoms with Crippen LogP contribution < -0.4 is 15.4 Å². The van der Waals surface area contributed by atoms with Gasteiger partial charge in [-0.3, -0.25) is 10.2 Å². The van der Waals surface area contributed by atoms with Crippen LogP contribution >= 0.6 is 0 Å². The summed E-state index contributed by atoms with van der Waals surface area (Å²) in [5.41, 5.74) is 1.70. The molecule has 0 bridgehead atoms. The number of nitrogens with zero attached hydrogens (tertiary/aromatic N) is 1. The van der Waals surface area contributed by atoms with Crippen LogP contribution in [0.15, 0.2) is 54.6 Å². The Labute approximate surface area is 179 Å². The van der Waals surface area contributed by atoms with Gasteiger partial charge in [-0.25, -0.2) is 0 Å². The van der Waals surface area contributed by atoms with Crippen molar-refractivity contribution in [3.63, 3.8) is 0 Å². The van der Waals surface area contributed by atoms with Gasteiger partial charge in [0.25, 0.3) is 5.91 Å². The average Bonchev–Trinajstić information content (AvgIpc) is 2.79. The molecule has 1 aliphatic rings. The van der Waals surface area contributed by atoms with Crippen LogP contribution in [0, 0.1) is 5.41 Å². The lowest BCUT2D eigenvalue weighted by Gasteiger charge is -2.41. The van der Waals surface area contributed by atoms with Crippen molar-refractivity contribution in [3.8, 4) is 5.75 Å². The van der Waals surface area contributed by atoms with E-state index >= 15 is 0 Å². The highest BCUT2D eigenvalue weighted by molar-refractivity contribution is 5.97. The van der Waals surface area contributed by atoms with Crippen molar-refractivity contribution in [1.29, 1.82) is 5.41 Å². The molecule has 1 amide bonds. The first kappa shape index (κ1) is 21.7. The van der Waals surface area contributed by atoms with Crippen LogP contribution in [0.5, 0.6) is 5.75 Å². The van der Waals surface area contributed by atoms with E-state index in [1.807, 2.05) is 32.3 Å². The maximum Gasteiger partial charge on any atom is 0.255 e. The number of methoxy groups -OCH3 is 1. The van der Waals surface area contributed by atoms with E-state index in [2.05, 4.69) is 34.9 Å². The van der Waals surface area contributed by atoms with Crippen LogP contribution in [0.2, 0.25) is 0 Å². The standard InChI is InChI=1S/C24H32N4O2/c1-28(2)23(25)27-19-13-15-24(16-14-19,18-9-5-4-6-10-18)17-26-22(29)20-11-7-8-12-21(20)30-3/h4-12,19H,13-17H2,1-3H3,(H2,25,27)(H,26,29)/t19-,24-. The van der Waals surface area contributed by atoms with E-state index in [-0.39, 0.29) is 17.4 Å². The van der Waals surface area contributed by atoms with Crippen molar-refractivity contribution in [3.05, 3.63) is 65.7 Å². The summed E-state index contributed by atoms with van der Waals surface area (Å²) in [7, 11) is 5.33. The number of para-hydroxylation sites is 1. The van der Waals surface area contributed by atoms with Gasteiger partial charge in [-0.05, 0) is 43.4 Å². The molecule has 0 aromatic heterocycles. The molecule has 3 N–H and O–H groups in total. The number of amides is 1. The van der Waals surface area contributed by atoms with Crippen molar-refractivity contribution < 1.29 is 9.53 Å². The smallest absolute Gasteiger partial charge is 0.255 e. The molecule has 0 unspecified atom stereocenters. The summed E-state index contributed by atoms with van der Waals surface area (Å²) in [5, 5.41) is 14.5. The number of benzene rings is 2. The molecular formula is C24H32N4O2. The van der Waals surface area contributed by atoms with Crippen LogP contribution in [0.1, 0.15) is 41.6 Å². The molecule has 3 rings (SSSR count). The van der Waals surface area contributed by atoms with Crippen molar-refractivity contribution in [2.45, 2.75) is 37.1 Å². The molecule has 30 heavy (non-hydrogen) atoms. The molecule has 0 saturated heterocycles. The van der Waals surface area contributed by atoms with Crippen molar-refractivity contribution in [2.75, 3.05) is 27.7 Å². The molecule has 2 aromatic rings. The van der Waals surface area contributed by atoms with E-state index in [0.29, 0.717) is 23.8 Å². The maximum absolute atomic E-state index is 12.9. The molecule has 0 spiro atoms. The number of ether oxygens (including phenoxy) is 1. The zero-order valence-corrected chi connectivity index (χ0v) is 18.1. The molecule has 6 heteroatoms. The van der Waals surface area contributed by atoms with E-state index in [1.165, 1.54) is 5.56 Å². The first-order chi connectivity index (χ1) is 14.4. The molecule has 0 radical (unpaired) electrons. The van der Waals surface area contributed by atoms with Crippen molar-refractivity contribution in [1.82, 2.24) is 15.5 Å². The minimum atomic E-state index is -0.114. The minimum absolute atomic E-state index is 0.114. The topological polar surface area (TPSA) is 77.5 Å². The molecule has 2 aromatic carbocycles. The fourth-order valence-corrected chi connectivity index (χ4v) is 4.17. The molecule has 160 valence electrons. The molecular weight excluding hydrogens is 376 g/mol. The predicted octanol–water partition coefficient (Wildman–Crippen LogP) is 3.39. The number of guanidine groups is 1. The Balaban J connectivity index is 1.73. The summed E-state index contributed by atoms with van der Waals surface area (Å²) in [6, 6.07) is 18.0. The highest BCUT2D eigenvalue weighted by atomic mass is 16.5. The fraction of sp³-hybridized carbons (Fsp3) is 0.417. The van der Waals surface area contributed by atoms with Crippen LogP contribution in [0.4, 0.5) is 0 Å². The van der Waals surface area contributed by atoms with Crippen LogP contribution in [0.25, 0.3) is 0 Å². The monoisotopic (exact) mass is 408 g/mol. The summed E-state index contributed by atoms with van der Waals surface area (Å²) < 4.78 is 5.35. The van der Waals surface area contributed by atoms with Gasteiger partial charge in [-0.1, -0.05) is 42.5 Å². The van der Waals surface area contributed by atoms with Gasteiger partial charge < -0.3 is 20.3 Å². The summed E-state index contributed by atoms with van der Waals surface area (Å²) in [5.74, 6) is 0.910. The van der Waals surface area contributed by atoms with Gasteiger partial charge in [0, 0.05) is 32.1 Å². The Morgan fingerprint density at radius 2 is 1.73 bits per heavy atom. The highest BCUT2D eigenvalue weighted by Crippen LogP contribution is 2.39. The van der Waals surface area contributed by atoms with Gasteiger partial charge in [0.1, 0.15) is 5.75 Å². The zero-order valence-electron chi connectivity index (χ0n) is 18.1. The second kappa shape index (κ2) is 9.65. The second-order valence-electron chi connectivity index (χ2n) is 8.19. The number of carbonyl (C=O) groups is 1. The second-order valence-corrected chi connectivity index (χ2v) is 8.19. The average molecular weight is 409 g/mol. The van der Waals surface area contributed by atoms with E-state index in [9.17, 15) is 4.79 Å². The summed E-state index contributed by atoms with van der Waals surface area (Å²) in [4.78, 5) is 14.7. The van der Waals surface area contributed by atoms with Gasteiger partial charge in [0.05, 0.1) is 12.7 Å². The first-order valence-corrected chi connectivity index (χ1v) is 10.4. The lowest BCUT2D eigenvalue weighted by Crippen LogP contribution is -2.49. The van der Waals surface area contributed by atoms with Gasteiger partial charge in [-0.15, -0.1) is 0 Å². The number of hydrogen-bond donors (Lipinski definition) is 3. The Morgan fingerprint density at radius 1 is 1.10 bits per heavy atom. The number of carbonyl (C=O) groups excluding carboxylic acids is 1. The zero-order chi connectivity index (χ0) is 21.6. The SMILES string of the molecule is COc1ccccc1C(=O)NC[C@]1(c2ccccc2)CC[C@H](NC(=N)N(C)C)CC1. The van der Waals surface area contributed by atoms with Crippen molar-refractivity contribution in [2.24, 2.45) is 0 Å².